The predicted molar refractivity (Wildman–Crippen MR) is 72.0 cm³/mol. The molecule has 1 unspecified atom stereocenters. The smallest absolute Gasteiger partial charge is 0.0703 e. The number of hydrogen-bond acceptors (Lipinski definition) is 2. The molecule has 17 heavy (non-hydrogen) atoms. The lowest BCUT2D eigenvalue weighted by molar-refractivity contribution is 0.549. The molecule has 0 amide bonds. The molecule has 2 aromatic rings. The fourth-order valence-corrected chi connectivity index (χ4v) is 2.50. The highest BCUT2D eigenvalue weighted by molar-refractivity contribution is 5.81. The SMILES string of the molecule is CC1[CH]CCN(c2cnc3ccccc3c2)C1. The van der Waals surface area contributed by atoms with E-state index in [1.165, 1.54) is 17.5 Å². The molecule has 1 aromatic carbocycles. The van der Waals surface area contributed by atoms with E-state index in [-0.39, 0.29) is 0 Å². The van der Waals surface area contributed by atoms with Gasteiger partial charge in [-0.2, -0.15) is 0 Å². The van der Waals surface area contributed by atoms with Crippen molar-refractivity contribution in [2.75, 3.05) is 18.0 Å². The first-order valence-electron chi connectivity index (χ1n) is 6.26. The van der Waals surface area contributed by atoms with Gasteiger partial charge in [0.05, 0.1) is 17.4 Å². The molecule has 1 fully saturated rings. The summed E-state index contributed by atoms with van der Waals surface area (Å²) in [5.74, 6) is 0.676. The zero-order valence-electron chi connectivity index (χ0n) is 10.1. The monoisotopic (exact) mass is 225 g/mol. The Hall–Kier alpha value is -1.57. The van der Waals surface area contributed by atoms with Gasteiger partial charge < -0.3 is 4.90 Å². The average Bonchev–Trinajstić information content (AvgIpc) is 2.38. The molecule has 1 atom stereocenters. The Balaban J connectivity index is 1.94. The van der Waals surface area contributed by atoms with Crippen LogP contribution in [-0.2, 0) is 0 Å². The van der Waals surface area contributed by atoms with Crippen molar-refractivity contribution in [2.45, 2.75) is 13.3 Å². The highest BCUT2D eigenvalue weighted by Crippen LogP contribution is 2.24. The number of benzene rings is 1. The van der Waals surface area contributed by atoms with Crippen LogP contribution in [0, 0.1) is 12.3 Å². The van der Waals surface area contributed by atoms with Crippen molar-refractivity contribution in [3.63, 3.8) is 0 Å². The number of rotatable bonds is 1. The van der Waals surface area contributed by atoms with Crippen molar-refractivity contribution >= 4 is 16.6 Å². The van der Waals surface area contributed by atoms with E-state index in [0.29, 0.717) is 5.92 Å². The van der Waals surface area contributed by atoms with Crippen molar-refractivity contribution in [1.29, 1.82) is 0 Å². The van der Waals surface area contributed by atoms with Gasteiger partial charge >= 0.3 is 0 Å². The minimum absolute atomic E-state index is 0.676. The van der Waals surface area contributed by atoms with E-state index in [1.54, 1.807) is 0 Å². The highest BCUT2D eigenvalue weighted by Gasteiger charge is 2.17. The third-order valence-electron chi connectivity index (χ3n) is 3.42. The lowest BCUT2D eigenvalue weighted by Gasteiger charge is -2.32. The average molecular weight is 225 g/mol. The minimum atomic E-state index is 0.676. The molecule has 1 aliphatic rings. The lowest BCUT2D eigenvalue weighted by atomic mass is 10.00. The Labute approximate surface area is 102 Å². The summed E-state index contributed by atoms with van der Waals surface area (Å²) in [6.07, 6.45) is 5.58. The van der Waals surface area contributed by atoms with Crippen LogP contribution in [0.15, 0.2) is 36.5 Å². The van der Waals surface area contributed by atoms with E-state index in [1.807, 2.05) is 12.3 Å². The first-order valence-corrected chi connectivity index (χ1v) is 6.26. The topological polar surface area (TPSA) is 16.1 Å². The fourth-order valence-electron chi connectivity index (χ4n) is 2.50. The van der Waals surface area contributed by atoms with Gasteiger partial charge in [-0.3, -0.25) is 4.98 Å². The van der Waals surface area contributed by atoms with Crippen molar-refractivity contribution in [3.05, 3.63) is 42.9 Å². The van der Waals surface area contributed by atoms with Crippen molar-refractivity contribution in [3.8, 4) is 0 Å². The molecule has 1 aliphatic heterocycles. The second-order valence-electron chi connectivity index (χ2n) is 4.83. The summed E-state index contributed by atoms with van der Waals surface area (Å²) in [6.45, 7) is 4.50. The van der Waals surface area contributed by atoms with E-state index in [2.05, 4.69) is 47.5 Å². The highest BCUT2D eigenvalue weighted by atomic mass is 15.1. The van der Waals surface area contributed by atoms with Crippen LogP contribution in [-0.4, -0.2) is 18.1 Å². The Kier molecular flexibility index (Phi) is 2.71. The third-order valence-corrected chi connectivity index (χ3v) is 3.42. The standard InChI is InChI=1S/C15H17N2/c1-12-5-4-8-17(11-12)14-9-13-6-2-3-7-15(13)16-10-14/h2-3,5-7,9-10,12H,4,8,11H2,1H3. The molecular weight excluding hydrogens is 208 g/mol. The summed E-state index contributed by atoms with van der Waals surface area (Å²) in [4.78, 5) is 6.96. The van der Waals surface area contributed by atoms with Gasteiger partial charge in [-0.1, -0.05) is 25.1 Å². The maximum atomic E-state index is 4.53. The second-order valence-corrected chi connectivity index (χ2v) is 4.83. The van der Waals surface area contributed by atoms with Crippen LogP contribution in [0.1, 0.15) is 13.3 Å². The van der Waals surface area contributed by atoms with Gasteiger partial charge in [0.2, 0.25) is 0 Å². The van der Waals surface area contributed by atoms with Crippen LogP contribution >= 0.6 is 0 Å². The van der Waals surface area contributed by atoms with E-state index in [0.717, 1.165) is 18.6 Å². The maximum absolute atomic E-state index is 4.53. The van der Waals surface area contributed by atoms with Gasteiger partial charge in [-0.05, 0) is 30.9 Å². The Morgan fingerprint density at radius 3 is 3.06 bits per heavy atom. The van der Waals surface area contributed by atoms with Gasteiger partial charge in [-0.15, -0.1) is 0 Å². The molecule has 2 nitrogen and oxygen atoms in total. The molecule has 0 N–H and O–H groups in total. The molecular formula is C15H17N2. The first kappa shape index (κ1) is 10.6. The lowest BCUT2D eigenvalue weighted by Crippen LogP contribution is -2.34. The molecule has 1 radical (unpaired) electrons. The van der Waals surface area contributed by atoms with Crippen LogP contribution in [0.25, 0.3) is 10.9 Å². The number of pyridine rings is 1. The Bertz CT molecular complexity index is 521. The quantitative estimate of drug-likeness (QED) is 0.740. The van der Waals surface area contributed by atoms with Crippen LogP contribution < -0.4 is 4.90 Å². The molecule has 1 saturated heterocycles. The van der Waals surface area contributed by atoms with Crippen LogP contribution in [0.3, 0.4) is 0 Å². The Morgan fingerprint density at radius 1 is 1.29 bits per heavy atom. The van der Waals surface area contributed by atoms with Crippen LogP contribution in [0.2, 0.25) is 0 Å². The molecule has 1 aromatic heterocycles. The van der Waals surface area contributed by atoms with Crippen molar-refractivity contribution < 1.29 is 0 Å². The van der Waals surface area contributed by atoms with Gasteiger partial charge in [-0.25, -0.2) is 0 Å². The van der Waals surface area contributed by atoms with E-state index >= 15 is 0 Å². The molecule has 0 bridgehead atoms. The third kappa shape index (κ3) is 2.12. The van der Waals surface area contributed by atoms with E-state index in [4.69, 9.17) is 0 Å². The van der Waals surface area contributed by atoms with E-state index in [9.17, 15) is 0 Å². The number of para-hydroxylation sites is 1. The summed E-state index contributed by atoms with van der Waals surface area (Å²) in [7, 11) is 0. The minimum Gasteiger partial charge on any atom is -0.370 e. The molecule has 87 valence electrons. The molecule has 2 heteroatoms. The first-order chi connectivity index (χ1) is 8.33. The van der Waals surface area contributed by atoms with Crippen molar-refractivity contribution in [1.82, 2.24) is 4.98 Å². The summed E-state index contributed by atoms with van der Waals surface area (Å²) < 4.78 is 0. The molecule has 0 saturated carbocycles. The Morgan fingerprint density at radius 2 is 2.18 bits per heavy atom. The predicted octanol–water partition coefficient (Wildman–Crippen LogP) is 3.29. The number of piperidine rings is 1. The normalized spacial score (nSPS) is 20.8. The summed E-state index contributed by atoms with van der Waals surface area (Å²) in [6, 6.07) is 10.5. The number of fused-ring (bicyclic) bond motifs is 1. The van der Waals surface area contributed by atoms with Crippen LogP contribution in [0.5, 0.6) is 0 Å². The summed E-state index contributed by atoms with van der Waals surface area (Å²) in [5.41, 5.74) is 2.33. The van der Waals surface area contributed by atoms with Gasteiger partial charge in [0.1, 0.15) is 0 Å². The maximum Gasteiger partial charge on any atom is 0.0703 e. The fraction of sp³-hybridized carbons (Fsp3) is 0.333. The molecule has 2 heterocycles. The summed E-state index contributed by atoms with van der Waals surface area (Å²) in [5, 5.41) is 1.23. The number of nitrogens with zero attached hydrogens (tertiary/aromatic N) is 2. The zero-order chi connectivity index (χ0) is 11.7. The molecule has 0 aliphatic carbocycles. The number of aromatic nitrogens is 1. The molecule has 0 spiro atoms. The van der Waals surface area contributed by atoms with E-state index < -0.39 is 0 Å². The van der Waals surface area contributed by atoms with Crippen LogP contribution in [0.4, 0.5) is 5.69 Å². The second kappa shape index (κ2) is 4.36. The largest absolute Gasteiger partial charge is 0.370 e. The van der Waals surface area contributed by atoms with Crippen molar-refractivity contribution in [2.24, 2.45) is 5.92 Å². The van der Waals surface area contributed by atoms with Gasteiger partial charge in [0, 0.05) is 18.5 Å². The van der Waals surface area contributed by atoms with Gasteiger partial charge in [0.25, 0.3) is 0 Å². The number of hydrogen-bond donors (Lipinski definition) is 0. The van der Waals surface area contributed by atoms with Gasteiger partial charge in [0.15, 0.2) is 0 Å². The number of anilines is 1. The molecule has 3 rings (SSSR count). The zero-order valence-corrected chi connectivity index (χ0v) is 10.1. The summed E-state index contributed by atoms with van der Waals surface area (Å²) >= 11 is 0.